The molecule has 6 nitrogen and oxygen atoms in total. The van der Waals surface area contributed by atoms with Crippen LogP contribution in [0.15, 0.2) is 54.6 Å². The second-order valence-corrected chi connectivity index (χ2v) is 6.33. The summed E-state index contributed by atoms with van der Waals surface area (Å²) in [5.74, 6) is 0.179. The van der Waals surface area contributed by atoms with Gasteiger partial charge in [0.2, 0.25) is 0 Å². The summed E-state index contributed by atoms with van der Waals surface area (Å²) in [7, 11) is 3.31. The minimum Gasteiger partial charge on any atom is -0.496 e. The molecule has 7 heteroatoms. The molecule has 0 aliphatic carbocycles. The summed E-state index contributed by atoms with van der Waals surface area (Å²) in [4.78, 5) is 14.4. The zero-order valence-electron chi connectivity index (χ0n) is 16.0. The lowest BCUT2D eigenvalue weighted by Gasteiger charge is -2.25. The molecule has 1 atom stereocenters. The molecule has 3 rings (SSSR count). The molecule has 0 radical (unpaired) electrons. The summed E-state index contributed by atoms with van der Waals surface area (Å²) in [6.45, 7) is 2.00. The minimum atomic E-state index is -0.441. The SMILES string of the molecule is COc1ccccc1[C@@H](C)N(C)C(=O)c1cc(COc2ccccc2F)[nH]n1. The number of ether oxygens (including phenoxy) is 2. The molecule has 3 aromatic rings. The number of hydrogen-bond donors (Lipinski definition) is 1. The Balaban J connectivity index is 1.68. The zero-order valence-corrected chi connectivity index (χ0v) is 16.0. The van der Waals surface area contributed by atoms with E-state index in [0.717, 1.165) is 11.3 Å². The average molecular weight is 383 g/mol. The van der Waals surface area contributed by atoms with Gasteiger partial charge in [-0.1, -0.05) is 30.3 Å². The number of methoxy groups -OCH3 is 1. The molecule has 1 N–H and O–H groups in total. The van der Waals surface area contributed by atoms with Crippen molar-refractivity contribution in [3.05, 3.63) is 77.4 Å². The largest absolute Gasteiger partial charge is 0.496 e. The van der Waals surface area contributed by atoms with Gasteiger partial charge in [-0.15, -0.1) is 0 Å². The van der Waals surface area contributed by atoms with Crippen LogP contribution in [0, 0.1) is 5.82 Å². The normalized spacial score (nSPS) is 11.7. The molecule has 1 amide bonds. The topological polar surface area (TPSA) is 67.4 Å². The number of rotatable bonds is 7. The van der Waals surface area contributed by atoms with Crippen LogP contribution in [0.3, 0.4) is 0 Å². The van der Waals surface area contributed by atoms with E-state index < -0.39 is 5.82 Å². The molecule has 1 heterocycles. The number of benzene rings is 2. The van der Waals surface area contributed by atoms with Gasteiger partial charge >= 0.3 is 0 Å². The van der Waals surface area contributed by atoms with Crippen LogP contribution in [0.1, 0.15) is 34.7 Å². The van der Waals surface area contributed by atoms with Gasteiger partial charge in [0.1, 0.15) is 12.4 Å². The van der Waals surface area contributed by atoms with Gasteiger partial charge in [0.15, 0.2) is 17.3 Å². The first-order valence-electron chi connectivity index (χ1n) is 8.83. The number of nitrogens with zero attached hydrogens (tertiary/aromatic N) is 2. The number of aromatic nitrogens is 2. The smallest absolute Gasteiger partial charge is 0.274 e. The van der Waals surface area contributed by atoms with Gasteiger partial charge in [-0.05, 0) is 31.2 Å². The predicted octanol–water partition coefficient (Wildman–Crippen LogP) is 3.97. The molecule has 0 unspecified atom stereocenters. The van der Waals surface area contributed by atoms with Crippen molar-refractivity contribution in [3.8, 4) is 11.5 Å². The second kappa shape index (κ2) is 8.56. The molecule has 0 aliphatic rings. The highest BCUT2D eigenvalue weighted by Gasteiger charge is 2.23. The Labute approximate surface area is 162 Å². The van der Waals surface area contributed by atoms with Gasteiger partial charge in [0, 0.05) is 12.6 Å². The summed E-state index contributed by atoms with van der Waals surface area (Å²) in [6, 6.07) is 15.1. The quantitative estimate of drug-likeness (QED) is 0.670. The lowest BCUT2D eigenvalue weighted by atomic mass is 10.1. The van der Waals surface area contributed by atoms with Crippen molar-refractivity contribution in [2.45, 2.75) is 19.6 Å². The van der Waals surface area contributed by atoms with Crippen LogP contribution in [0.4, 0.5) is 4.39 Å². The molecular formula is C21H22FN3O3. The monoisotopic (exact) mass is 383 g/mol. The van der Waals surface area contributed by atoms with Crippen molar-refractivity contribution < 1.29 is 18.7 Å². The molecule has 146 valence electrons. The van der Waals surface area contributed by atoms with E-state index in [0.29, 0.717) is 5.69 Å². The molecule has 0 saturated carbocycles. The molecule has 2 aromatic carbocycles. The standard InChI is InChI=1S/C21H22FN3O3/c1-14(16-8-4-6-10-19(16)27-3)25(2)21(26)18-12-15(23-24-18)13-28-20-11-7-5-9-17(20)22/h4-12,14H,13H2,1-3H3,(H,23,24)/t14-/m1/s1. The number of carbonyl (C=O) groups is 1. The van der Waals surface area contributed by atoms with Crippen molar-refractivity contribution in [1.29, 1.82) is 0 Å². The fourth-order valence-corrected chi connectivity index (χ4v) is 2.84. The van der Waals surface area contributed by atoms with Gasteiger partial charge < -0.3 is 14.4 Å². The highest BCUT2D eigenvalue weighted by atomic mass is 19.1. The number of nitrogens with one attached hydrogen (secondary N) is 1. The summed E-state index contributed by atoms with van der Waals surface area (Å²) in [6.07, 6.45) is 0. The Bertz CT molecular complexity index is 957. The maximum absolute atomic E-state index is 13.6. The van der Waals surface area contributed by atoms with Crippen molar-refractivity contribution in [2.75, 3.05) is 14.2 Å². The zero-order chi connectivity index (χ0) is 20.1. The lowest BCUT2D eigenvalue weighted by Crippen LogP contribution is -2.30. The van der Waals surface area contributed by atoms with E-state index in [2.05, 4.69) is 10.2 Å². The fraction of sp³-hybridized carbons (Fsp3) is 0.238. The third-order valence-electron chi connectivity index (χ3n) is 4.56. The van der Waals surface area contributed by atoms with E-state index in [1.54, 1.807) is 43.3 Å². The minimum absolute atomic E-state index is 0.0764. The Hall–Kier alpha value is -3.35. The summed E-state index contributed by atoms with van der Waals surface area (Å²) in [5, 5.41) is 6.83. The van der Waals surface area contributed by atoms with Gasteiger partial charge in [0.25, 0.3) is 5.91 Å². The second-order valence-electron chi connectivity index (χ2n) is 6.33. The van der Waals surface area contributed by atoms with E-state index in [9.17, 15) is 9.18 Å². The maximum Gasteiger partial charge on any atom is 0.274 e. The van der Waals surface area contributed by atoms with Gasteiger partial charge in [0.05, 0.1) is 18.8 Å². The Morgan fingerprint density at radius 3 is 2.57 bits per heavy atom. The van der Waals surface area contributed by atoms with E-state index in [-0.39, 0.29) is 30.0 Å². The summed E-state index contributed by atoms with van der Waals surface area (Å²) < 4.78 is 24.4. The van der Waals surface area contributed by atoms with Crippen LogP contribution in [-0.2, 0) is 6.61 Å². The number of aromatic amines is 1. The number of para-hydroxylation sites is 2. The molecule has 0 bridgehead atoms. The van der Waals surface area contributed by atoms with E-state index in [4.69, 9.17) is 9.47 Å². The molecule has 28 heavy (non-hydrogen) atoms. The average Bonchev–Trinajstić information content (AvgIpc) is 3.20. The molecule has 0 spiro atoms. The summed E-state index contributed by atoms with van der Waals surface area (Å²) in [5.41, 5.74) is 1.74. The highest BCUT2D eigenvalue weighted by molar-refractivity contribution is 5.92. The molecular weight excluding hydrogens is 361 g/mol. The molecule has 0 aliphatic heterocycles. The number of carbonyl (C=O) groups excluding carboxylic acids is 1. The van der Waals surface area contributed by atoms with Gasteiger partial charge in [-0.2, -0.15) is 5.10 Å². The van der Waals surface area contributed by atoms with Gasteiger partial charge in [-0.3, -0.25) is 9.89 Å². The van der Waals surface area contributed by atoms with E-state index >= 15 is 0 Å². The lowest BCUT2D eigenvalue weighted by molar-refractivity contribution is 0.0735. The number of halogens is 1. The van der Waals surface area contributed by atoms with Crippen LogP contribution >= 0.6 is 0 Å². The van der Waals surface area contributed by atoms with Crippen molar-refractivity contribution in [2.24, 2.45) is 0 Å². The third-order valence-corrected chi connectivity index (χ3v) is 4.56. The third kappa shape index (κ3) is 4.14. The van der Waals surface area contributed by atoms with E-state index in [1.165, 1.54) is 6.07 Å². The van der Waals surface area contributed by atoms with Crippen LogP contribution < -0.4 is 9.47 Å². The number of hydrogen-bond acceptors (Lipinski definition) is 4. The Morgan fingerprint density at radius 2 is 1.86 bits per heavy atom. The van der Waals surface area contributed by atoms with Crippen LogP contribution in [0.2, 0.25) is 0 Å². The van der Waals surface area contributed by atoms with Crippen molar-refractivity contribution in [1.82, 2.24) is 15.1 Å². The maximum atomic E-state index is 13.6. The Kier molecular flexibility index (Phi) is 5.93. The van der Waals surface area contributed by atoms with Crippen molar-refractivity contribution >= 4 is 5.91 Å². The van der Waals surface area contributed by atoms with Crippen LogP contribution in [0.5, 0.6) is 11.5 Å². The summed E-state index contributed by atoms with van der Waals surface area (Å²) >= 11 is 0. The molecule has 0 saturated heterocycles. The first-order valence-corrected chi connectivity index (χ1v) is 8.83. The van der Waals surface area contributed by atoms with Crippen molar-refractivity contribution in [3.63, 3.8) is 0 Å². The van der Waals surface area contributed by atoms with Crippen LogP contribution in [0.25, 0.3) is 0 Å². The Morgan fingerprint density at radius 1 is 1.18 bits per heavy atom. The highest BCUT2D eigenvalue weighted by Crippen LogP contribution is 2.28. The van der Waals surface area contributed by atoms with Crippen LogP contribution in [-0.4, -0.2) is 35.2 Å². The predicted molar refractivity (Wildman–Crippen MR) is 103 cm³/mol. The number of H-pyrrole nitrogens is 1. The first-order chi connectivity index (χ1) is 13.5. The molecule has 1 aromatic heterocycles. The number of amides is 1. The first kappa shape index (κ1) is 19.4. The fourth-order valence-electron chi connectivity index (χ4n) is 2.84. The van der Waals surface area contributed by atoms with E-state index in [1.807, 2.05) is 31.2 Å². The molecule has 0 fully saturated rings. The van der Waals surface area contributed by atoms with Gasteiger partial charge in [-0.25, -0.2) is 4.39 Å².